The van der Waals surface area contributed by atoms with E-state index in [0.29, 0.717) is 57.7 Å². The van der Waals surface area contributed by atoms with Crippen LogP contribution in [0.4, 0.5) is 5.69 Å². The van der Waals surface area contributed by atoms with Crippen LogP contribution >= 0.6 is 11.6 Å². The second kappa shape index (κ2) is 14.4. The van der Waals surface area contributed by atoms with E-state index in [4.69, 9.17) is 31.5 Å². The van der Waals surface area contributed by atoms with Crippen LogP contribution in [0.25, 0.3) is 0 Å². The number of carbonyl (C=O) groups excluding carboxylic acids is 2. The summed E-state index contributed by atoms with van der Waals surface area (Å²) in [6, 6.07) is 7.60. The molecule has 1 unspecified atom stereocenters. The van der Waals surface area contributed by atoms with E-state index in [1.807, 2.05) is 41.4 Å². The normalized spacial score (nSPS) is 22.0. The van der Waals surface area contributed by atoms with Crippen molar-refractivity contribution >= 4 is 29.1 Å². The molecule has 1 aromatic carbocycles. The number of carbonyl (C=O) groups is 2. The number of amides is 2. The van der Waals surface area contributed by atoms with Crippen molar-refractivity contribution < 1.29 is 23.8 Å². The summed E-state index contributed by atoms with van der Waals surface area (Å²) >= 11 is 6.20. The van der Waals surface area contributed by atoms with E-state index in [9.17, 15) is 9.59 Å². The minimum atomic E-state index is -0.000588. The lowest BCUT2D eigenvalue weighted by Gasteiger charge is -2.38. The molecule has 224 valence electrons. The van der Waals surface area contributed by atoms with Gasteiger partial charge < -0.3 is 29.7 Å². The molecule has 2 N–H and O–H groups in total. The molecule has 4 aliphatic rings. The van der Waals surface area contributed by atoms with Crippen molar-refractivity contribution in [3.05, 3.63) is 88.4 Å². The van der Waals surface area contributed by atoms with Crippen molar-refractivity contribution in [1.82, 2.24) is 14.3 Å². The fraction of sp³-hybridized carbons (Fsp3) is 0.438. The van der Waals surface area contributed by atoms with Crippen LogP contribution in [0.15, 0.2) is 83.4 Å². The number of quaternary nitrogens is 1. The van der Waals surface area contributed by atoms with Gasteiger partial charge in [0.05, 0.1) is 33.0 Å². The lowest BCUT2D eigenvalue weighted by Crippen LogP contribution is -2.49. The number of allylic oxidation sites excluding steroid dienone is 7. The van der Waals surface area contributed by atoms with Crippen LogP contribution in [-0.4, -0.2) is 94.0 Å². The maximum atomic E-state index is 13.6. The number of halogens is 1. The van der Waals surface area contributed by atoms with Gasteiger partial charge in [0, 0.05) is 73.6 Å². The number of ether oxygens (including phenoxy) is 3. The van der Waals surface area contributed by atoms with E-state index < -0.39 is 0 Å². The van der Waals surface area contributed by atoms with Crippen molar-refractivity contribution in [2.45, 2.75) is 19.3 Å². The maximum absolute atomic E-state index is 13.6. The number of fused-ring (bicyclic) bond motifs is 1. The van der Waals surface area contributed by atoms with Crippen LogP contribution in [0.3, 0.4) is 0 Å². The molecule has 1 fully saturated rings. The van der Waals surface area contributed by atoms with Crippen LogP contribution in [0.1, 0.15) is 19.3 Å². The number of piperazine rings is 1. The van der Waals surface area contributed by atoms with E-state index in [2.05, 4.69) is 17.1 Å². The van der Waals surface area contributed by atoms with Gasteiger partial charge in [0.2, 0.25) is 5.91 Å². The van der Waals surface area contributed by atoms with Crippen molar-refractivity contribution in [3.63, 3.8) is 0 Å². The Morgan fingerprint density at radius 1 is 0.881 bits per heavy atom. The number of nitrogens with zero attached hydrogens (tertiary/aromatic N) is 3. The summed E-state index contributed by atoms with van der Waals surface area (Å²) < 4.78 is 16.3. The zero-order valence-corrected chi connectivity index (χ0v) is 24.8. The Morgan fingerprint density at radius 2 is 1.60 bits per heavy atom. The van der Waals surface area contributed by atoms with Gasteiger partial charge in [-0.2, -0.15) is 4.48 Å². The average Bonchev–Trinajstić information content (AvgIpc) is 3.46. The zero-order valence-electron chi connectivity index (χ0n) is 24.0. The molecule has 0 saturated carbocycles. The molecule has 10 heteroatoms. The Morgan fingerprint density at radius 3 is 2.31 bits per heavy atom. The lowest BCUT2D eigenvalue weighted by molar-refractivity contribution is -0.138. The molecule has 2 aliphatic heterocycles. The molecular formula is C32H40ClN4O5+. The molecule has 1 atom stereocenters. The van der Waals surface area contributed by atoms with E-state index in [-0.39, 0.29) is 22.9 Å². The van der Waals surface area contributed by atoms with Crippen LogP contribution in [0.5, 0.6) is 0 Å². The second-order valence-electron chi connectivity index (χ2n) is 10.6. The molecule has 42 heavy (non-hydrogen) atoms. The van der Waals surface area contributed by atoms with Gasteiger partial charge in [-0.1, -0.05) is 17.7 Å². The Balaban J connectivity index is 1.21. The second-order valence-corrected chi connectivity index (χ2v) is 11.0. The summed E-state index contributed by atoms with van der Waals surface area (Å²) in [7, 11) is 0. The van der Waals surface area contributed by atoms with Crippen molar-refractivity contribution in [3.8, 4) is 0 Å². The highest BCUT2D eigenvalue weighted by atomic mass is 35.5. The Labute approximate surface area is 252 Å². The van der Waals surface area contributed by atoms with Crippen LogP contribution in [0.2, 0.25) is 5.02 Å². The van der Waals surface area contributed by atoms with Crippen LogP contribution < -0.4 is 10.2 Å². The number of rotatable bonds is 13. The van der Waals surface area contributed by atoms with E-state index in [0.717, 1.165) is 43.7 Å². The highest BCUT2D eigenvalue weighted by molar-refractivity contribution is 6.30. The molecule has 0 spiro atoms. The quantitative estimate of drug-likeness (QED) is 0.275. The highest BCUT2D eigenvalue weighted by Gasteiger charge is 2.46. The fourth-order valence-corrected chi connectivity index (χ4v) is 6.19. The number of hydrogen-bond acceptors (Lipinski definition) is 7. The van der Waals surface area contributed by atoms with E-state index in [1.165, 1.54) is 16.8 Å². The first-order chi connectivity index (χ1) is 20.5. The topological polar surface area (TPSA) is 94.3 Å². The molecule has 9 nitrogen and oxygen atoms in total. The standard InChI is InChI=1S/C32H40ClN4O5/c33-25-7-9-26(10-8-25)37(18-2-1-6-32(37)39)30-12-11-27-28(30)4-3-5-29(27)35-14-16-36(17-15-35)31(38)24-42-23-22-41-21-20-40-19-13-34/h1-3,5-10,18H,4,11-17,19-24,34H2/q+1. The minimum Gasteiger partial charge on any atom is -0.378 e. The van der Waals surface area contributed by atoms with Gasteiger partial charge in [0.1, 0.15) is 24.2 Å². The Hall–Kier alpha value is -3.05. The summed E-state index contributed by atoms with van der Waals surface area (Å²) in [4.78, 5) is 30.6. The largest absolute Gasteiger partial charge is 0.378 e. The summed E-state index contributed by atoms with van der Waals surface area (Å²) in [5.74, 6) is 0.0245. The van der Waals surface area contributed by atoms with Crippen molar-refractivity contribution in [2.24, 2.45) is 5.73 Å². The number of nitrogens with two attached hydrogens (primary N) is 1. The Kier molecular flexibility index (Phi) is 10.4. The smallest absolute Gasteiger partial charge is 0.353 e. The summed E-state index contributed by atoms with van der Waals surface area (Å²) in [6.45, 7) is 5.63. The number of benzene rings is 1. The van der Waals surface area contributed by atoms with Crippen molar-refractivity contribution in [2.75, 3.05) is 72.4 Å². The van der Waals surface area contributed by atoms with Gasteiger partial charge >= 0.3 is 5.91 Å². The Bertz CT molecular complexity index is 1290. The monoisotopic (exact) mass is 595 g/mol. The summed E-state index contributed by atoms with van der Waals surface area (Å²) in [5, 5.41) is 0.645. The third-order valence-electron chi connectivity index (χ3n) is 8.10. The van der Waals surface area contributed by atoms with Crippen LogP contribution in [0, 0.1) is 0 Å². The van der Waals surface area contributed by atoms with Gasteiger partial charge in [-0.05, 0) is 48.8 Å². The zero-order chi connectivity index (χ0) is 29.4. The van der Waals surface area contributed by atoms with Crippen molar-refractivity contribution in [1.29, 1.82) is 0 Å². The summed E-state index contributed by atoms with van der Waals surface area (Å²) in [6.07, 6.45) is 14.3. The van der Waals surface area contributed by atoms with E-state index >= 15 is 0 Å². The molecule has 5 rings (SSSR count). The first-order valence-corrected chi connectivity index (χ1v) is 15.1. The molecule has 1 saturated heterocycles. The van der Waals surface area contributed by atoms with Gasteiger partial charge in [-0.15, -0.1) is 0 Å². The first-order valence-electron chi connectivity index (χ1n) is 14.7. The predicted molar refractivity (Wildman–Crippen MR) is 163 cm³/mol. The SMILES string of the molecule is NCCOCCOCCOCC(=O)N1CCN(C2=C3CCC([N+]4(c5ccc(Cl)cc5)C=CC=CC4=O)=C3CC=C2)CC1. The fourth-order valence-electron chi connectivity index (χ4n) is 6.06. The minimum absolute atomic E-state index is 0.000588. The molecule has 1 aromatic rings. The molecule has 0 aromatic heterocycles. The number of hydrogen-bond donors (Lipinski definition) is 1. The van der Waals surface area contributed by atoms with Gasteiger partial charge in [0.15, 0.2) is 0 Å². The van der Waals surface area contributed by atoms with Gasteiger partial charge in [-0.3, -0.25) is 4.79 Å². The van der Waals surface area contributed by atoms with Crippen LogP contribution in [-0.2, 0) is 23.8 Å². The van der Waals surface area contributed by atoms with Gasteiger partial charge in [-0.25, -0.2) is 4.79 Å². The maximum Gasteiger partial charge on any atom is 0.353 e. The summed E-state index contributed by atoms with van der Waals surface area (Å²) in [5.41, 5.74) is 11.2. The molecular weight excluding hydrogens is 556 g/mol. The molecule has 0 radical (unpaired) electrons. The van der Waals surface area contributed by atoms with Gasteiger partial charge in [0.25, 0.3) is 0 Å². The molecule has 0 bridgehead atoms. The lowest BCUT2D eigenvalue weighted by atomic mass is 9.96. The molecule has 2 heterocycles. The molecule has 2 amide bonds. The third kappa shape index (κ3) is 6.62. The average molecular weight is 596 g/mol. The first kappa shape index (κ1) is 30.4. The predicted octanol–water partition coefficient (Wildman–Crippen LogP) is 3.67. The molecule has 2 aliphatic carbocycles. The van der Waals surface area contributed by atoms with E-state index in [1.54, 1.807) is 12.2 Å². The third-order valence-corrected chi connectivity index (χ3v) is 8.35. The highest BCUT2D eigenvalue weighted by Crippen LogP contribution is 2.47.